The third-order valence-corrected chi connectivity index (χ3v) is 5.56. The molecule has 0 radical (unpaired) electrons. The molecule has 0 fully saturated rings. The quantitative estimate of drug-likeness (QED) is 0.553. The van der Waals surface area contributed by atoms with Gasteiger partial charge in [0.25, 0.3) is 5.91 Å². The van der Waals surface area contributed by atoms with Crippen molar-refractivity contribution >= 4 is 34.3 Å². The van der Waals surface area contributed by atoms with E-state index in [1.807, 2.05) is 48.7 Å². The van der Waals surface area contributed by atoms with Crippen LogP contribution in [0.1, 0.15) is 26.8 Å². The van der Waals surface area contributed by atoms with Crippen molar-refractivity contribution in [2.75, 3.05) is 5.32 Å². The van der Waals surface area contributed by atoms with Gasteiger partial charge in [0, 0.05) is 5.69 Å². The van der Waals surface area contributed by atoms with E-state index in [-0.39, 0.29) is 5.91 Å². The van der Waals surface area contributed by atoms with Gasteiger partial charge in [-0.1, -0.05) is 29.4 Å². The second-order valence-corrected chi connectivity index (χ2v) is 7.35. The Hall–Kier alpha value is -2.84. The third-order valence-electron chi connectivity index (χ3n) is 3.77. The molecule has 0 saturated carbocycles. The molecule has 0 spiro atoms. The molecule has 1 N–H and O–H groups in total. The smallest absolute Gasteiger partial charge is 0.267 e. The molecule has 6 nitrogen and oxygen atoms in total. The van der Waals surface area contributed by atoms with E-state index >= 15 is 0 Å². The second kappa shape index (κ2) is 7.19. The van der Waals surface area contributed by atoms with Gasteiger partial charge in [-0.25, -0.2) is 4.98 Å². The van der Waals surface area contributed by atoms with Gasteiger partial charge >= 0.3 is 0 Å². The first-order valence-electron chi connectivity index (χ1n) is 7.86. The molecule has 4 rings (SSSR count). The Morgan fingerprint density at radius 3 is 2.85 bits per heavy atom. The highest BCUT2D eigenvalue weighted by atomic mass is 32.1. The van der Waals surface area contributed by atoms with E-state index in [2.05, 4.69) is 20.4 Å². The molecule has 3 aromatic heterocycles. The largest absolute Gasteiger partial charge is 0.339 e. The molecule has 0 aliphatic heterocycles. The summed E-state index contributed by atoms with van der Waals surface area (Å²) in [5.41, 5.74) is 4.02. The van der Waals surface area contributed by atoms with Gasteiger partial charge in [0.1, 0.15) is 4.88 Å². The molecule has 1 aromatic carbocycles. The first kappa shape index (κ1) is 16.6. The zero-order valence-electron chi connectivity index (χ0n) is 13.8. The topological polar surface area (TPSA) is 80.9 Å². The number of carbonyl (C=O) groups excluding carboxylic acids is 1. The predicted molar refractivity (Wildman–Crippen MR) is 102 cm³/mol. The summed E-state index contributed by atoms with van der Waals surface area (Å²) in [6, 6.07) is 11.5. The lowest BCUT2D eigenvalue weighted by atomic mass is 10.1. The summed E-state index contributed by atoms with van der Waals surface area (Å²) in [4.78, 5) is 22.6. The van der Waals surface area contributed by atoms with Gasteiger partial charge in [0.15, 0.2) is 0 Å². The van der Waals surface area contributed by atoms with Crippen LogP contribution in [0.2, 0.25) is 0 Å². The zero-order valence-corrected chi connectivity index (χ0v) is 15.4. The van der Waals surface area contributed by atoms with Crippen molar-refractivity contribution < 1.29 is 9.32 Å². The predicted octanol–water partition coefficient (Wildman–Crippen LogP) is 4.41. The summed E-state index contributed by atoms with van der Waals surface area (Å²) >= 11 is 2.89. The van der Waals surface area contributed by atoms with E-state index in [0.29, 0.717) is 23.0 Å². The van der Waals surface area contributed by atoms with Crippen LogP contribution in [-0.2, 0) is 6.42 Å². The third kappa shape index (κ3) is 3.42. The molecule has 8 heteroatoms. The van der Waals surface area contributed by atoms with Crippen molar-refractivity contribution in [3.8, 4) is 10.7 Å². The van der Waals surface area contributed by atoms with Crippen LogP contribution in [0.15, 0.2) is 51.8 Å². The number of hydrogen-bond donors (Lipinski definition) is 1. The van der Waals surface area contributed by atoms with Crippen molar-refractivity contribution in [1.29, 1.82) is 0 Å². The normalized spacial score (nSPS) is 10.8. The van der Waals surface area contributed by atoms with E-state index in [9.17, 15) is 4.79 Å². The minimum Gasteiger partial charge on any atom is -0.339 e. The summed E-state index contributed by atoms with van der Waals surface area (Å²) < 4.78 is 5.37. The number of thiazole rings is 1. The number of rotatable bonds is 5. The summed E-state index contributed by atoms with van der Waals surface area (Å²) in [6.45, 7) is 1.82. The average molecular weight is 382 g/mol. The second-order valence-electron chi connectivity index (χ2n) is 5.54. The molecule has 0 aliphatic rings. The number of nitrogens with one attached hydrogen (secondary N) is 1. The molecular weight excluding hydrogens is 368 g/mol. The van der Waals surface area contributed by atoms with Crippen LogP contribution in [0.3, 0.4) is 0 Å². The fourth-order valence-electron chi connectivity index (χ4n) is 2.49. The Morgan fingerprint density at radius 1 is 1.19 bits per heavy atom. The molecular formula is C18H14N4O2S2. The Labute approximate surface area is 157 Å². The molecule has 26 heavy (non-hydrogen) atoms. The number of aromatic nitrogens is 3. The first-order chi connectivity index (χ1) is 12.7. The standard InChI is InChI=1S/C18H14N4O2S2/c1-11-16(26-10-19-11)18(23)20-13-6-3-2-5-12(13)9-15-21-17(22-24-15)14-7-4-8-25-14/h2-8,10H,9H2,1H3,(H,20,23). The number of anilines is 1. The van der Waals surface area contributed by atoms with E-state index in [0.717, 1.165) is 21.8 Å². The highest BCUT2D eigenvalue weighted by Gasteiger charge is 2.16. The van der Waals surface area contributed by atoms with Crippen molar-refractivity contribution in [3.05, 3.63) is 69.3 Å². The highest BCUT2D eigenvalue weighted by Crippen LogP contribution is 2.24. The SMILES string of the molecule is Cc1ncsc1C(=O)Nc1ccccc1Cc1nc(-c2cccs2)no1. The lowest BCUT2D eigenvalue weighted by Gasteiger charge is -2.09. The number of amides is 1. The molecule has 0 bridgehead atoms. The summed E-state index contributed by atoms with van der Waals surface area (Å²) in [5.74, 6) is 0.920. The van der Waals surface area contributed by atoms with Gasteiger partial charge in [0.2, 0.25) is 11.7 Å². The minimum atomic E-state index is -0.165. The number of hydrogen-bond acceptors (Lipinski definition) is 7. The summed E-state index contributed by atoms with van der Waals surface area (Å²) in [7, 11) is 0. The number of benzene rings is 1. The molecule has 0 aliphatic carbocycles. The highest BCUT2D eigenvalue weighted by molar-refractivity contribution is 7.13. The van der Waals surface area contributed by atoms with Crippen molar-refractivity contribution in [2.24, 2.45) is 0 Å². The van der Waals surface area contributed by atoms with Gasteiger partial charge < -0.3 is 9.84 Å². The fraction of sp³-hybridized carbons (Fsp3) is 0.111. The summed E-state index contributed by atoms with van der Waals surface area (Å²) in [5, 5.41) is 8.95. The Bertz CT molecular complexity index is 1040. The van der Waals surface area contributed by atoms with E-state index in [1.54, 1.807) is 16.8 Å². The van der Waals surface area contributed by atoms with Gasteiger partial charge in [-0.2, -0.15) is 4.98 Å². The zero-order chi connectivity index (χ0) is 17.9. The Morgan fingerprint density at radius 2 is 2.08 bits per heavy atom. The number of nitrogens with zero attached hydrogens (tertiary/aromatic N) is 3. The maximum atomic E-state index is 12.5. The number of carbonyl (C=O) groups is 1. The number of thiophene rings is 1. The minimum absolute atomic E-state index is 0.165. The molecule has 0 unspecified atom stereocenters. The first-order valence-corrected chi connectivity index (χ1v) is 9.62. The van der Waals surface area contributed by atoms with Crippen LogP contribution < -0.4 is 5.32 Å². The maximum absolute atomic E-state index is 12.5. The Kier molecular flexibility index (Phi) is 4.59. The monoisotopic (exact) mass is 382 g/mol. The van der Waals surface area contributed by atoms with Gasteiger partial charge in [0.05, 0.1) is 22.5 Å². The molecule has 0 atom stereocenters. The van der Waals surface area contributed by atoms with Gasteiger partial charge in [-0.3, -0.25) is 4.79 Å². The van der Waals surface area contributed by atoms with E-state index < -0.39 is 0 Å². The lowest BCUT2D eigenvalue weighted by molar-refractivity contribution is 0.102. The van der Waals surface area contributed by atoms with Crippen LogP contribution in [-0.4, -0.2) is 21.0 Å². The van der Waals surface area contributed by atoms with Crippen LogP contribution >= 0.6 is 22.7 Å². The van der Waals surface area contributed by atoms with Crippen molar-refractivity contribution in [3.63, 3.8) is 0 Å². The van der Waals surface area contributed by atoms with Crippen LogP contribution in [0.5, 0.6) is 0 Å². The number of para-hydroxylation sites is 1. The molecule has 130 valence electrons. The van der Waals surface area contributed by atoms with Crippen molar-refractivity contribution in [2.45, 2.75) is 13.3 Å². The van der Waals surface area contributed by atoms with E-state index in [4.69, 9.17) is 4.52 Å². The number of aryl methyl sites for hydroxylation is 1. The fourth-order valence-corrected chi connectivity index (χ4v) is 3.84. The molecule has 1 amide bonds. The van der Waals surface area contributed by atoms with Crippen LogP contribution in [0, 0.1) is 6.92 Å². The average Bonchev–Trinajstić information content (AvgIpc) is 3.37. The molecule has 3 heterocycles. The maximum Gasteiger partial charge on any atom is 0.267 e. The molecule has 4 aromatic rings. The van der Waals surface area contributed by atoms with Crippen LogP contribution in [0.25, 0.3) is 10.7 Å². The van der Waals surface area contributed by atoms with Gasteiger partial charge in [-0.05, 0) is 30.0 Å². The van der Waals surface area contributed by atoms with E-state index in [1.165, 1.54) is 11.3 Å². The summed E-state index contributed by atoms with van der Waals surface area (Å²) in [6.07, 6.45) is 0.441. The lowest BCUT2D eigenvalue weighted by Crippen LogP contribution is -2.13. The van der Waals surface area contributed by atoms with Gasteiger partial charge in [-0.15, -0.1) is 22.7 Å². The van der Waals surface area contributed by atoms with Crippen molar-refractivity contribution in [1.82, 2.24) is 15.1 Å². The van der Waals surface area contributed by atoms with Crippen LogP contribution in [0.4, 0.5) is 5.69 Å². The molecule has 0 saturated heterocycles. The Balaban J connectivity index is 1.55.